The normalized spacial score (nSPS) is 23.9. The van der Waals surface area contributed by atoms with E-state index in [9.17, 15) is 9.59 Å². The van der Waals surface area contributed by atoms with E-state index in [-0.39, 0.29) is 11.2 Å². The number of carbonyl (C=O) groups excluding carboxylic acids is 2. The summed E-state index contributed by atoms with van der Waals surface area (Å²) in [4.78, 5) is 23.8. The van der Waals surface area contributed by atoms with E-state index in [0.717, 1.165) is 51.4 Å². The Bertz CT molecular complexity index is 386. The van der Waals surface area contributed by atoms with E-state index >= 15 is 0 Å². The molecule has 0 N–H and O–H groups in total. The van der Waals surface area contributed by atoms with Gasteiger partial charge >= 0.3 is 11.9 Å². The topological polar surface area (TPSA) is 52.6 Å². The maximum atomic E-state index is 11.9. The van der Waals surface area contributed by atoms with Crippen LogP contribution in [-0.4, -0.2) is 23.1 Å². The minimum atomic E-state index is -0.449. The van der Waals surface area contributed by atoms with E-state index in [1.165, 1.54) is 25.0 Å². The van der Waals surface area contributed by atoms with Gasteiger partial charge in [-0.3, -0.25) is 0 Å². The zero-order valence-corrected chi connectivity index (χ0v) is 13.9. The van der Waals surface area contributed by atoms with Crippen LogP contribution in [0.25, 0.3) is 0 Å². The first kappa shape index (κ1) is 17.0. The van der Waals surface area contributed by atoms with E-state index in [2.05, 4.69) is 0 Å². The minimum Gasteiger partial charge on any atom is -0.456 e. The van der Waals surface area contributed by atoms with E-state index in [0.29, 0.717) is 0 Å². The molecule has 4 nitrogen and oxygen atoms in total. The zero-order chi connectivity index (χ0) is 16.1. The maximum absolute atomic E-state index is 11.9. The lowest BCUT2D eigenvalue weighted by atomic mass is 9.86. The number of ether oxygens (including phenoxy) is 2. The molecule has 2 aliphatic rings. The predicted molar refractivity (Wildman–Crippen MR) is 84.3 cm³/mol. The Kier molecular flexibility index (Phi) is 5.65. The van der Waals surface area contributed by atoms with Crippen LogP contribution >= 0.6 is 0 Å². The van der Waals surface area contributed by atoms with Crippen LogP contribution in [-0.2, 0) is 19.1 Å². The summed E-state index contributed by atoms with van der Waals surface area (Å²) in [6.45, 7) is 3.94. The first-order chi connectivity index (χ1) is 10.4. The molecule has 0 aromatic rings. The third-order valence-electron chi connectivity index (χ3n) is 4.87. The van der Waals surface area contributed by atoms with Crippen molar-refractivity contribution in [3.05, 3.63) is 12.2 Å². The largest absolute Gasteiger partial charge is 0.456 e. The average molecular weight is 308 g/mol. The SMILES string of the molecule is CC1(OC(=O)/C=C/C(=O)OC2(C)CCCCC2)CCCCC1. The number of esters is 2. The fourth-order valence-corrected chi connectivity index (χ4v) is 3.49. The Hall–Kier alpha value is -1.32. The van der Waals surface area contributed by atoms with Gasteiger partial charge in [-0.15, -0.1) is 0 Å². The Balaban J connectivity index is 1.80. The van der Waals surface area contributed by atoms with Crippen LogP contribution in [0.1, 0.15) is 78.1 Å². The summed E-state index contributed by atoms with van der Waals surface area (Å²) in [7, 11) is 0. The van der Waals surface area contributed by atoms with Gasteiger partial charge in [-0.25, -0.2) is 9.59 Å². The number of hydrogen-bond donors (Lipinski definition) is 0. The van der Waals surface area contributed by atoms with Crippen molar-refractivity contribution in [2.24, 2.45) is 0 Å². The van der Waals surface area contributed by atoms with Crippen molar-refractivity contribution in [2.75, 3.05) is 0 Å². The molecule has 124 valence electrons. The first-order valence-electron chi connectivity index (χ1n) is 8.55. The van der Waals surface area contributed by atoms with Crippen LogP contribution in [0.5, 0.6) is 0 Å². The van der Waals surface area contributed by atoms with Crippen LogP contribution in [0.3, 0.4) is 0 Å². The second-order valence-electron chi connectivity index (χ2n) is 7.20. The van der Waals surface area contributed by atoms with Crippen molar-refractivity contribution < 1.29 is 19.1 Å². The molecule has 0 atom stereocenters. The molecule has 0 aromatic carbocycles. The second kappa shape index (κ2) is 7.30. The van der Waals surface area contributed by atoms with Gasteiger partial charge in [-0.2, -0.15) is 0 Å². The number of hydrogen-bond acceptors (Lipinski definition) is 4. The Labute approximate surface area is 133 Å². The fourth-order valence-electron chi connectivity index (χ4n) is 3.49. The molecule has 0 saturated heterocycles. The van der Waals surface area contributed by atoms with Crippen LogP contribution in [0.15, 0.2) is 12.2 Å². The Morgan fingerprint density at radius 3 is 1.32 bits per heavy atom. The van der Waals surface area contributed by atoms with E-state index in [1.54, 1.807) is 0 Å². The standard InChI is InChI=1S/C18H28O4/c1-17(11-5-3-6-12-17)21-15(19)9-10-16(20)22-18(2)13-7-4-8-14-18/h9-10H,3-8,11-14H2,1-2H3/b10-9+. The van der Waals surface area contributed by atoms with Crippen LogP contribution in [0.2, 0.25) is 0 Å². The van der Waals surface area contributed by atoms with Gasteiger partial charge in [0.1, 0.15) is 11.2 Å². The van der Waals surface area contributed by atoms with Gasteiger partial charge < -0.3 is 9.47 Å². The van der Waals surface area contributed by atoms with E-state index in [4.69, 9.17) is 9.47 Å². The Morgan fingerprint density at radius 1 is 0.682 bits per heavy atom. The number of rotatable bonds is 4. The van der Waals surface area contributed by atoms with Crippen molar-refractivity contribution in [3.8, 4) is 0 Å². The highest BCUT2D eigenvalue weighted by Gasteiger charge is 2.31. The molecule has 0 bridgehead atoms. The van der Waals surface area contributed by atoms with Crippen molar-refractivity contribution in [2.45, 2.75) is 89.3 Å². The van der Waals surface area contributed by atoms with E-state index < -0.39 is 11.9 Å². The van der Waals surface area contributed by atoms with Crippen LogP contribution < -0.4 is 0 Å². The molecule has 4 heteroatoms. The summed E-state index contributed by atoms with van der Waals surface area (Å²) in [6, 6.07) is 0. The summed E-state index contributed by atoms with van der Waals surface area (Å²) in [5, 5.41) is 0. The summed E-state index contributed by atoms with van der Waals surface area (Å²) >= 11 is 0. The quantitative estimate of drug-likeness (QED) is 0.580. The molecule has 2 saturated carbocycles. The second-order valence-corrected chi connectivity index (χ2v) is 7.20. The lowest BCUT2D eigenvalue weighted by molar-refractivity contribution is -0.157. The molecule has 2 rings (SSSR count). The Morgan fingerprint density at radius 2 is 1.00 bits per heavy atom. The van der Waals surface area contributed by atoms with Crippen molar-refractivity contribution in [1.29, 1.82) is 0 Å². The summed E-state index contributed by atoms with van der Waals surface area (Å²) < 4.78 is 11.0. The lowest BCUT2D eigenvalue weighted by Gasteiger charge is -2.33. The molecule has 0 aromatic heterocycles. The molecule has 0 aliphatic heterocycles. The highest BCUT2D eigenvalue weighted by Crippen LogP contribution is 2.32. The third kappa shape index (κ3) is 5.15. The van der Waals surface area contributed by atoms with Gasteiger partial charge in [0.05, 0.1) is 0 Å². The molecule has 0 spiro atoms. The van der Waals surface area contributed by atoms with Gasteiger partial charge in [0.15, 0.2) is 0 Å². The van der Waals surface area contributed by atoms with Gasteiger partial charge in [0, 0.05) is 12.2 Å². The van der Waals surface area contributed by atoms with E-state index in [1.807, 2.05) is 13.8 Å². The van der Waals surface area contributed by atoms with Crippen molar-refractivity contribution >= 4 is 11.9 Å². The first-order valence-corrected chi connectivity index (χ1v) is 8.55. The summed E-state index contributed by atoms with van der Waals surface area (Å²) in [5.41, 5.74) is -0.752. The van der Waals surface area contributed by atoms with Gasteiger partial charge in [0.25, 0.3) is 0 Å². The average Bonchev–Trinajstić information content (AvgIpc) is 2.46. The monoisotopic (exact) mass is 308 g/mol. The molecule has 22 heavy (non-hydrogen) atoms. The molecule has 0 radical (unpaired) electrons. The van der Waals surface area contributed by atoms with Crippen molar-refractivity contribution in [3.63, 3.8) is 0 Å². The fraction of sp³-hybridized carbons (Fsp3) is 0.778. The minimum absolute atomic E-state index is 0.376. The number of carbonyl (C=O) groups is 2. The summed E-state index contributed by atoms with van der Waals surface area (Å²) in [6.07, 6.45) is 12.8. The zero-order valence-electron chi connectivity index (χ0n) is 13.9. The smallest absolute Gasteiger partial charge is 0.331 e. The molecular weight excluding hydrogens is 280 g/mol. The third-order valence-corrected chi connectivity index (χ3v) is 4.87. The molecule has 0 unspecified atom stereocenters. The van der Waals surface area contributed by atoms with Crippen LogP contribution in [0, 0.1) is 0 Å². The highest BCUT2D eigenvalue weighted by molar-refractivity contribution is 5.92. The predicted octanol–water partition coefficient (Wildman–Crippen LogP) is 4.07. The molecule has 2 aliphatic carbocycles. The summed E-state index contributed by atoms with van der Waals surface area (Å²) in [5.74, 6) is -0.898. The van der Waals surface area contributed by atoms with Gasteiger partial charge in [-0.05, 0) is 65.2 Å². The van der Waals surface area contributed by atoms with Crippen LogP contribution in [0.4, 0.5) is 0 Å². The highest BCUT2D eigenvalue weighted by atomic mass is 16.6. The molecule has 2 fully saturated rings. The maximum Gasteiger partial charge on any atom is 0.331 e. The van der Waals surface area contributed by atoms with Crippen molar-refractivity contribution in [1.82, 2.24) is 0 Å². The van der Waals surface area contributed by atoms with Gasteiger partial charge in [0.2, 0.25) is 0 Å². The molecule has 0 heterocycles. The molecular formula is C18H28O4. The lowest BCUT2D eigenvalue weighted by Crippen LogP contribution is -2.34. The molecule has 0 amide bonds. The van der Waals surface area contributed by atoms with Gasteiger partial charge in [-0.1, -0.05) is 12.8 Å².